The summed E-state index contributed by atoms with van der Waals surface area (Å²) in [5.74, 6) is 1.82. The Morgan fingerprint density at radius 2 is 1.16 bits per heavy atom. The van der Waals surface area contributed by atoms with Gasteiger partial charge in [-0.25, -0.2) is 4.79 Å². The average molecular weight is 627 g/mol. The molecule has 2 saturated heterocycles. The van der Waals surface area contributed by atoms with Gasteiger partial charge in [-0.1, -0.05) is 27.2 Å². The first kappa shape index (κ1) is 37.7. The zero-order valence-electron chi connectivity index (χ0n) is 27.1. The van der Waals surface area contributed by atoms with E-state index in [0.29, 0.717) is 95.6 Å². The average Bonchev–Trinajstić information content (AvgIpc) is 3.50. The standard InChI is InChI=1S/C33H58N2O7S/c1-33(2,3)18-17-28(38)15-10-14-27(37)13-7-9-20-41-22-24-42-23-21-40-19-8-6-12-26(36)11-4-5-16-30-31-29(25-43-30)34-32(39)35-31/h29-31H,4-25H2,1-3H3,(H2,34,35,39)/t29-,30+,31-/m0/s1. The van der Waals surface area contributed by atoms with E-state index in [2.05, 4.69) is 31.4 Å². The second kappa shape index (κ2) is 22.1. The first-order valence-electron chi connectivity index (χ1n) is 16.6. The van der Waals surface area contributed by atoms with Crippen LogP contribution >= 0.6 is 11.8 Å². The molecule has 2 heterocycles. The van der Waals surface area contributed by atoms with Gasteiger partial charge in [0.05, 0.1) is 38.5 Å². The predicted octanol–water partition coefficient (Wildman–Crippen LogP) is 5.81. The zero-order chi connectivity index (χ0) is 31.3. The number of thioether (sulfide) groups is 1. The van der Waals surface area contributed by atoms with E-state index < -0.39 is 0 Å². The number of nitrogens with one attached hydrogen (secondary N) is 2. The van der Waals surface area contributed by atoms with Crippen molar-refractivity contribution in [3.05, 3.63) is 0 Å². The van der Waals surface area contributed by atoms with Crippen molar-refractivity contribution in [1.82, 2.24) is 10.6 Å². The van der Waals surface area contributed by atoms with E-state index in [9.17, 15) is 19.2 Å². The second-order valence-electron chi connectivity index (χ2n) is 13.1. The highest BCUT2D eigenvalue weighted by Crippen LogP contribution is 2.33. The van der Waals surface area contributed by atoms with Crippen molar-refractivity contribution in [3.8, 4) is 0 Å². The summed E-state index contributed by atoms with van der Waals surface area (Å²) in [5, 5.41) is 6.45. The Hall–Kier alpha value is -1.49. The molecule has 0 bridgehead atoms. The lowest BCUT2D eigenvalue weighted by Crippen LogP contribution is -2.36. The van der Waals surface area contributed by atoms with Gasteiger partial charge < -0.3 is 24.8 Å². The Labute approximate surface area is 264 Å². The van der Waals surface area contributed by atoms with E-state index in [-0.39, 0.29) is 35.1 Å². The number of carbonyl (C=O) groups is 4. The fourth-order valence-corrected chi connectivity index (χ4v) is 6.82. The lowest BCUT2D eigenvalue weighted by Gasteiger charge is -2.16. The van der Waals surface area contributed by atoms with Gasteiger partial charge in [0.25, 0.3) is 0 Å². The summed E-state index contributed by atoms with van der Waals surface area (Å²) in [4.78, 5) is 47.5. The Morgan fingerprint density at radius 1 is 0.674 bits per heavy atom. The van der Waals surface area contributed by atoms with Crippen LogP contribution in [0.2, 0.25) is 0 Å². The number of fused-ring (bicyclic) bond motifs is 1. The molecule has 2 fully saturated rings. The van der Waals surface area contributed by atoms with Crippen LogP contribution in [0, 0.1) is 5.41 Å². The number of carbonyl (C=O) groups excluding carboxylic acids is 4. The first-order chi connectivity index (χ1) is 20.6. The Kier molecular flexibility index (Phi) is 19.4. The second-order valence-corrected chi connectivity index (χ2v) is 14.4. The van der Waals surface area contributed by atoms with Crippen molar-refractivity contribution >= 4 is 35.1 Å². The van der Waals surface area contributed by atoms with E-state index in [1.807, 2.05) is 11.8 Å². The number of amides is 2. The first-order valence-corrected chi connectivity index (χ1v) is 17.7. The molecular weight excluding hydrogens is 568 g/mol. The SMILES string of the molecule is CC(C)(C)CCC(=O)CCCC(=O)CCCCOCCOCCOCCCCC(=O)CCCC[C@H]1SC[C@@H]2NC(=O)N[C@@H]21. The van der Waals surface area contributed by atoms with Gasteiger partial charge in [0.2, 0.25) is 0 Å². The van der Waals surface area contributed by atoms with Crippen molar-refractivity contribution in [3.63, 3.8) is 0 Å². The molecule has 0 aromatic carbocycles. The maximum atomic E-state index is 12.1. The van der Waals surface area contributed by atoms with Crippen LogP contribution in [-0.4, -0.2) is 86.1 Å². The number of hydrogen-bond donors (Lipinski definition) is 2. The minimum Gasteiger partial charge on any atom is -0.379 e. The molecule has 43 heavy (non-hydrogen) atoms. The number of Topliss-reactive ketones (excluding diaryl/α,β-unsaturated/α-hetero) is 3. The van der Waals surface area contributed by atoms with Crippen LogP contribution in [0.1, 0.15) is 117 Å². The topological polar surface area (TPSA) is 120 Å². The normalized spacial score (nSPS) is 19.7. The molecule has 9 nitrogen and oxygen atoms in total. The molecule has 2 N–H and O–H groups in total. The Balaban J connectivity index is 1.25. The summed E-state index contributed by atoms with van der Waals surface area (Å²) < 4.78 is 16.7. The summed E-state index contributed by atoms with van der Waals surface area (Å²) in [6, 6.07) is 0.467. The number of hydrogen-bond acceptors (Lipinski definition) is 8. The molecule has 0 spiro atoms. The van der Waals surface area contributed by atoms with Crippen LogP contribution in [-0.2, 0) is 28.6 Å². The zero-order valence-corrected chi connectivity index (χ0v) is 27.9. The van der Waals surface area contributed by atoms with Gasteiger partial charge in [-0.3, -0.25) is 14.4 Å². The summed E-state index contributed by atoms with van der Waals surface area (Å²) in [6.07, 6.45) is 11.4. The summed E-state index contributed by atoms with van der Waals surface area (Å²) in [5.41, 5.74) is 0.177. The molecule has 2 aliphatic rings. The quantitative estimate of drug-likeness (QED) is 0.0867. The highest BCUT2D eigenvalue weighted by Gasteiger charge is 2.42. The molecule has 2 rings (SSSR count). The Morgan fingerprint density at radius 3 is 1.72 bits per heavy atom. The van der Waals surface area contributed by atoms with E-state index in [4.69, 9.17) is 14.2 Å². The van der Waals surface area contributed by atoms with Crippen LogP contribution in [0.3, 0.4) is 0 Å². The van der Waals surface area contributed by atoms with Crippen molar-refractivity contribution in [2.75, 3.05) is 45.4 Å². The van der Waals surface area contributed by atoms with Crippen LogP contribution in [0.25, 0.3) is 0 Å². The summed E-state index contributed by atoms with van der Waals surface area (Å²) >= 11 is 1.92. The van der Waals surface area contributed by atoms with Gasteiger partial charge in [0.1, 0.15) is 17.3 Å². The lowest BCUT2D eigenvalue weighted by molar-refractivity contribution is -0.121. The van der Waals surface area contributed by atoms with E-state index >= 15 is 0 Å². The molecule has 0 aromatic rings. The van der Waals surface area contributed by atoms with Gasteiger partial charge in [-0.2, -0.15) is 11.8 Å². The molecule has 0 aliphatic carbocycles. The minimum atomic E-state index is -0.0454. The fraction of sp³-hybridized carbons (Fsp3) is 0.879. The fourth-order valence-electron chi connectivity index (χ4n) is 5.28. The highest BCUT2D eigenvalue weighted by molar-refractivity contribution is 8.00. The van der Waals surface area contributed by atoms with Crippen molar-refractivity contribution in [2.45, 2.75) is 134 Å². The minimum absolute atomic E-state index is 0.0454. The molecule has 248 valence electrons. The van der Waals surface area contributed by atoms with Crippen LogP contribution in [0.15, 0.2) is 0 Å². The largest absolute Gasteiger partial charge is 0.379 e. The molecule has 3 atom stereocenters. The van der Waals surface area contributed by atoms with Crippen LogP contribution in [0.4, 0.5) is 4.79 Å². The third kappa shape index (κ3) is 18.8. The number of ether oxygens (including phenoxy) is 3. The Bertz CT molecular complexity index is 833. The maximum Gasteiger partial charge on any atom is 0.315 e. The molecule has 10 heteroatoms. The molecule has 2 aliphatic heterocycles. The van der Waals surface area contributed by atoms with Gasteiger partial charge in [-0.15, -0.1) is 0 Å². The van der Waals surface area contributed by atoms with Gasteiger partial charge in [0.15, 0.2) is 0 Å². The monoisotopic (exact) mass is 626 g/mol. The van der Waals surface area contributed by atoms with Gasteiger partial charge in [0, 0.05) is 62.7 Å². The van der Waals surface area contributed by atoms with Gasteiger partial charge >= 0.3 is 6.03 Å². The molecule has 0 unspecified atom stereocenters. The predicted molar refractivity (Wildman–Crippen MR) is 172 cm³/mol. The summed E-state index contributed by atoms with van der Waals surface area (Å²) in [6.45, 7) is 9.78. The van der Waals surface area contributed by atoms with Gasteiger partial charge in [-0.05, 0) is 56.8 Å². The molecule has 0 aromatic heterocycles. The number of unbranched alkanes of at least 4 members (excludes halogenated alkanes) is 3. The van der Waals surface area contributed by atoms with E-state index in [0.717, 1.165) is 57.1 Å². The number of urea groups is 1. The van der Waals surface area contributed by atoms with Crippen molar-refractivity contribution in [2.24, 2.45) is 5.41 Å². The number of ketones is 3. The molecule has 0 radical (unpaired) electrons. The maximum absolute atomic E-state index is 12.1. The van der Waals surface area contributed by atoms with Crippen molar-refractivity contribution in [1.29, 1.82) is 0 Å². The molecule has 2 amide bonds. The smallest absolute Gasteiger partial charge is 0.315 e. The third-order valence-corrected chi connectivity index (χ3v) is 9.44. The van der Waals surface area contributed by atoms with Crippen molar-refractivity contribution < 1.29 is 33.4 Å². The van der Waals surface area contributed by atoms with Crippen LogP contribution < -0.4 is 10.6 Å². The third-order valence-electron chi connectivity index (χ3n) is 7.93. The molecule has 0 saturated carbocycles. The lowest BCUT2D eigenvalue weighted by atomic mass is 9.89. The highest BCUT2D eigenvalue weighted by atomic mass is 32.2. The van der Waals surface area contributed by atoms with E-state index in [1.54, 1.807) is 0 Å². The van der Waals surface area contributed by atoms with E-state index in [1.165, 1.54) is 0 Å². The number of rotatable bonds is 27. The van der Waals surface area contributed by atoms with Crippen LogP contribution in [0.5, 0.6) is 0 Å². The molecular formula is C33H58N2O7S. The summed E-state index contributed by atoms with van der Waals surface area (Å²) in [7, 11) is 0.